The number of aromatic nitrogens is 1. The van der Waals surface area contributed by atoms with Crippen LogP contribution in [0.4, 0.5) is 5.82 Å². The highest BCUT2D eigenvalue weighted by Crippen LogP contribution is 2.09. The molecular formula is C10H16N2O. The summed E-state index contributed by atoms with van der Waals surface area (Å²) in [4.78, 5) is 6.28. The summed E-state index contributed by atoms with van der Waals surface area (Å²) in [7, 11) is 1.93. The minimum Gasteiger partial charge on any atom is -0.392 e. The number of anilines is 1. The monoisotopic (exact) mass is 180 g/mol. The van der Waals surface area contributed by atoms with E-state index in [1.165, 1.54) is 0 Å². The second-order valence-corrected chi connectivity index (χ2v) is 3.37. The van der Waals surface area contributed by atoms with Crippen molar-refractivity contribution in [1.29, 1.82) is 0 Å². The highest BCUT2D eigenvalue weighted by molar-refractivity contribution is 5.37. The third kappa shape index (κ3) is 3.03. The molecule has 0 amide bonds. The molecule has 0 fully saturated rings. The van der Waals surface area contributed by atoms with E-state index in [1.807, 2.05) is 37.1 Å². The Morgan fingerprint density at radius 1 is 1.54 bits per heavy atom. The first-order chi connectivity index (χ1) is 6.09. The number of pyridine rings is 1. The molecule has 1 N–H and O–H groups in total. The molecule has 1 aromatic rings. The summed E-state index contributed by atoms with van der Waals surface area (Å²) < 4.78 is 0. The van der Waals surface area contributed by atoms with Crippen molar-refractivity contribution in [1.82, 2.24) is 4.98 Å². The number of aliphatic hydroxyl groups is 1. The van der Waals surface area contributed by atoms with E-state index in [9.17, 15) is 5.11 Å². The second kappa shape index (κ2) is 4.23. The lowest BCUT2D eigenvalue weighted by atomic mass is 10.3. The van der Waals surface area contributed by atoms with Gasteiger partial charge in [-0.2, -0.15) is 0 Å². The molecule has 1 aromatic heterocycles. The highest BCUT2D eigenvalue weighted by atomic mass is 16.3. The zero-order chi connectivity index (χ0) is 9.84. The molecule has 0 unspecified atom stereocenters. The Morgan fingerprint density at radius 3 is 2.77 bits per heavy atom. The smallest absolute Gasteiger partial charge is 0.128 e. The molecule has 0 saturated carbocycles. The number of aliphatic hydroxyl groups excluding tert-OH is 1. The first-order valence-electron chi connectivity index (χ1n) is 4.42. The molecule has 1 atom stereocenters. The van der Waals surface area contributed by atoms with Crippen molar-refractivity contribution >= 4 is 5.82 Å². The van der Waals surface area contributed by atoms with Gasteiger partial charge in [0.15, 0.2) is 0 Å². The number of hydrogen-bond donors (Lipinski definition) is 1. The summed E-state index contributed by atoms with van der Waals surface area (Å²) in [6.45, 7) is 4.34. The predicted molar refractivity (Wildman–Crippen MR) is 53.9 cm³/mol. The Hall–Kier alpha value is -1.09. The molecule has 0 aliphatic carbocycles. The third-order valence-electron chi connectivity index (χ3n) is 1.80. The average Bonchev–Trinajstić information content (AvgIpc) is 2.03. The van der Waals surface area contributed by atoms with Crippen molar-refractivity contribution in [2.75, 3.05) is 18.5 Å². The van der Waals surface area contributed by atoms with Crippen molar-refractivity contribution in [2.24, 2.45) is 0 Å². The lowest BCUT2D eigenvalue weighted by molar-refractivity contribution is 0.201. The maximum absolute atomic E-state index is 9.18. The Bertz CT molecular complexity index is 273. The lowest BCUT2D eigenvalue weighted by Gasteiger charge is -2.19. The Kier molecular flexibility index (Phi) is 3.25. The standard InChI is InChI=1S/C10H16N2O/c1-8-5-4-6-10(11-8)12(3)7-9(2)13/h4-6,9,13H,7H2,1-3H3/t9-/m1/s1. The van der Waals surface area contributed by atoms with Crippen LogP contribution in [0.25, 0.3) is 0 Å². The Morgan fingerprint density at radius 2 is 2.23 bits per heavy atom. The van der Waals surface area contributed by atoms with E-state index >= 15 is 0 Å². The van der Waals surface area contributed by atoms with Crippen molar-refractivity contribution in [3.63, 3.8) is 0 Å². The van der Waals surface area contributed by atoms with Gasteiger partial charge in [0.05, 0.1) is 6.10 Å². The van der Waals surface area contributed by atoms with Gasteiger partial charge in [0.25, 0.3) is 0 Å². The molecule has 1 heterocycles. The summed E-state index contributed by atoms with van der Waals surface area (Å²) in [5, 5.41) is 9.18. The lowest BCUT2D eigenvalue weighted by Crippen LogP contribution is -2.27. The zero-order valence-corrected chi connectivity index (χ0v) is 8.36. The summed E-state index contributed by atoms with van der Waals surface area (Å²) >= 11 is 0. The second-order valence-electron chi connectivity index (χ2n) is 3.37. The van der Waals surface area contributed by atoms with Crippen molar-refractivity contribution in [2.45, 2.75) is 20.0 Å². The summed E-state index contributed by atoms with van der Waals surface area (Å²) in [5.74, 6) is 0.904. The predicted octanol–water partition coefficient (Wildman–Crippen LogP) is 1.21. The first kappa shape index (κ1) is 9.99. The van der Waals surface area contributed by atoms with Crippen LogP contribution in [0.3, 0.4) is 0 Å². The van der Waals surface area contributed by atoms with E-state index < -0.39 is 0 Å². The number of aryl methyl sites for hydroxylation is 1. The molecule has 0 radical (unpaired) electrons. The van der Waals surface area contributed by atoms with Gasteiger partial charge >= 0.3 is 0 Å². The van der Waals surface area contributed by atoms with Crippen LogP contribution in [0.2, 0.25) is 0 Å². The number of hydrogen-bond acceptors (Lipinski definition) is 3. The van der Waals surface area contributed by atoms with Crippen LogP contribution in [0.5, 0.6) is 0 Å². The quantitative estimate of drug-likeness (QED) is 0.759. The number of nitrogens with zero attached hydrogens (tertiary/aromatic N) is 2. The fraction of sp³-hybridized carbons (Fsp3) is 0.500. The molecule has 0 bridgehead atoms. The van der Waals surface area contributed by atoms with E-state index in [2.05, 4.69) is 4.98 Å². The molecule has 3 nitrogen and oxygen atoms in total. The van der Waals surface area contributed by atoms with Gasteiger partial charge in [-0.1, -0.05) is 6.07 Å². The summed E-state index contributed by atoms with van der Waals surface area (Å²) in [5.41, 5.74) is 0.995. The first-order valence-corrected chi connectivity index (χ1v) is 4.42. The minimum absolute atomic E-state index is 0.327. The number of rotatable bonds is 3. The van der Waals surface area contributed by atoms with Crippen LogP contribution in [0.1, 0.15) is 12.6 Å². The van der Waals surface area contributed by atoms with Gasteiger partial charge in [-0.25, -0.2) is 4.98 Å². The summed E-state index contributed by atoms with van der Waals surface area (Å²) in [6.07, 6.45) is -0.327. The Labute approximate surface area is 79.0 Å². The number of likely N-dealkylation sites (N-methyl/N-ethyl adjacent to an activating group) is 1. The van der Waals surface area contributed by atoms with E-state index in [0.29, 0.717) is 6.54 Å². The molecular weight excluding hydrogens is 164 g/mol. The molecule has 1 rings (SSSR count). The molecule has 0 saturated heterocycles. The average molecular weight is 180 g/mol. The molecule has 0 spiro atoms. The normalized spacial score (nSPS) is 12.6. The third-order valence-corrected chi connectivity index (χ3v) is 1.80. The van der Waals surface area contributed by atoms with Crippen LogP contribution in [-0.4, -0.2) is 29.8 Å². The van der Waals surface area contributed by atoms with E-state index in [0.717, 1.165) is 11.5 Å². The van der Waals surface area contributed by atoms with Gasteiger partial charge in [0.2, 0.25) is 0 Å². The minimum atomic E-state index is -0.327. The van der Waals surface area contributed by atoms with Crippen molar-refractivity contribution in [3.05, 3.63) is 23.9 Å². The maximum Gasteiger partial charge on any atom is 0.128 e. The topological polar surface area (TPSA) is 36.4 Å². The van der Waals surface area contributed by atoms with Gasteiger partial charge < -0.3 is 10.0 Å². The van der Waals surface area contributed by atoms with Crippen molar-refractivity contribution in [3.8, 4) is 0 Å². The van der Waals surface area contributed by atoms with Gasteiger partial charge in [-0.05, 0) is 26.0 Å². The maximum atomic E-state index is 9.18. The van der Waals surface area contributed by atoms with E-state index in [4.69, 9.17) is 0 Å². The summed E-state index contributed by atoms with van der Waals surface area (Å²) in [6, 6.07) is 5.87. The fourth-order valence-corrected chi connectivity index (χ4v) is 1.23. The van der Waals surface area contributed by atoms with Crippen LogP contribution >= 0.6 is 0 Å². The van der Waals surface area contributed by atoms with Gasteiger partial charge in [0.1, 0.15) is 5.82 Å². The molecule has 3 heteroatoms. The van der Waals surface area contributed by atoms with Crippen LogP contribution < -0.4 is 4.90 Å². The van der Waals surface area contributed by atoms with E-state index in [1.54, 1.807) is 6.92 Å². The molecule has 13 heavy (non-hydrogen) atoms. The Balaban J connectivity index is 2.71. The van der Waals surface area contributed by atoms with Crippen LogP contribution in [0, 0.1) is 6.92 Å². The molecule has 72 valence electrons. The fourth-order valence-electron chi connectivity index (χ4n) is 1.23. The molecule has 0 aromatic carbocycles. The largest absolute Gasteiger partial charge is 0.392 e. The van der Waals surface area contributed by atoms with Gasteiger partial charge in [-0.3, -0.25) is 0 Å². The van der Waals surface area contributed by atoms with Gasteiger partial charge in [0, 0.05) is 19.3 Å². The van der Waals surface area contributed by atoms with Crippen LogP contribution in [0.15, 0.2) is 18.2 Å². The molecule has 0 aliphatic rings. The van der Waals surface area contributed by atoms with Crippen molar-refractivity contribution < 1.29 is 5.11 Å². The van der Waals surface area contributed by atoms with Gasteiger partial charge in [-0.15, -0.1) is 0 Å². The zero-order valence-electron chi connectivity index (χ0n) is 8.36. The van der Waals surface area contributed by atoms with E-state index in [-0.39, 0.29) is 6.10 Å². The highest BCUT2D eigenvalue weighted by Gasteiger charge is 2.04. The van der Waals surface area contributed by atoms with Crippen LogP contribution in [-0.2, 0) is 0 Å². The SMILES string of the molecule is Cc1cccc(N(C)C[C@@H](C)O)n1. The molecule has 0 aliphatic heterocycles.